The Morgan fingerprint density at radius 3 is 2.61 bits per heavy atom. The van der Waals surface area contributed by atoms with E-state index in [4.69, 9.17) is 0 Å². The number of thiazole rings is 1. The van der Waals surface area contributed by atoms with Gasteiger partial charge >= 0.3 is 0 Å². The first-order valence-corrected chi connectivity index (χ1v) is 6.70. The molecule has 0 fully saturated rings. The van der Waals surface area contributed by atoms with Crippen molar-refractivity contribution in [2.45, 2.75) is 20.8 Å². The van der Waals surface area contributed by atoms with Crippen LogP contribution in [0, 0.1) is 20.8 Å². The third-order valence-corrected chi connectivity index (χ3v) is 3.88. The first-order chi connectivity index (χ1) is 8.66. The summed E-state index contributed by atoms with van der Waals surface area (Å²) in [6, 6.07) is 6.21. The van der Waals surface area contributed by atoms with Crippen LogP contribution in [0.3, 0.4) is 0 Å². The van der Waals surface area contributed by atoms with Crippen LogP contribution in [0.15, 0.2) is 23.6 Å². The Labute approximate surface area is 110 Å². The number of benzene rings is 1. The summed E-state index contributed by atoms with van der Waals surface area (Å²) in [5.41, 5.74) is 5.09. The highest BCUT2D eigenvalue weighted by Gasteiger charge is 2.12. The number of rotatable bonds is 1. The smallest absolute Gasteiger partial charge is 0.116 e. The van der Waals surface area contributed by atoms with Crippen LogP contribution in [-0.4, -0.2) is 15.2 Å². The predicted octanol–water partition coefficient (Wildman–Crippen LogP) is 3.68. The van der Waals surface area contributed by atoms with Crippen molar-refractivity contribution >= 4 is 22.2 Å². The van der Waals surface area contributed by atoms with Crippen molar-refractivity contribution in [1.82, 2.24) is 15.2 Å². The van der Waals surface area contributed by atoms with Crippen LogP contribution in [0.25, 0.3) is 22.3 Å². The standard InChI is InChI=1S/C14H13N3S/c1-8-5-4-6-11-9(2)14(17-16-13(8)11)12-7-18-10(3)15-12/h4-7H,1-3H3. The molecule has 4 heteroatoms. The molecule has 2 aromatic heterocycles. The van der Waals surface area contributed by atoms with Gasteiger partial charge in [0.2, 0.25) is 0 Å². The lowest BCUT2D eigenvalue weighted by Crippen LogP contribution is -1.96. The Hall–Kier alpha value is -1.81. The second kappa shape index (κ2) is 4.14. The molecule has 1 aromatic carbocycles. The second-order valence-corrected chi connectivity index (χ2v) is 5.46. The summed E-state index contributed by atoms with van der Waals surface area (Å²) in [7, 11) is 0. The second-order valence-electron chi connectivity index (χ2n) is 4.40. The highest BCUT2D eigenvalue weighted by atomic mass is 32.1. The molecule has 18 heavy (non-hydrogen) atoms. The van der Waals surface area contributed by atoms with Gasteiger partial charge in [0.1, 0.15) is 11.4 Å². The normalized spacial score (nSPS) is 11.1. The molecule has 0 aliphatic carbocycles. The molecule has 3 nitrogen and oxygen atoms in total. The Morgan fingerprint density at radius 1 is 1.06 bits per heavy atom. The monoisotopic (exact) mass is 255 g/mol. The van der Waals surface area contributed by atoms with Gasteiger partial charge in [0.15, 0.2) is 0 Å². The molecule has 0 amide bonds. The molecule has 2 heterocycles. The van der Waals surface area contributed by atoms with Gasteiger partial charge < -0.3 is 0 Å². The molecule has 0 atom stereocenters. The summed E-state index contributed by atoms with van der Waals surface area (Å²) in [6.45, 7) is 6.14. The fraction of sp³-hybridized carbons (Fsp3) is 0.214. The molecule has 0 saturated carbocycles. The van der Waals surface area contributed by atoms with Crippen LogP contribution in [0.5, 0.6) is 0 Å². The third-order valence-electron chi connectivity index (χ3n) is 3.11. The van der Waals surface area contributed by atoms with Crippen LogP contribution in [0.1, 0.15) is 16.1 Å². The molecule has 3 rings (SSSR count). The van der Waals surface area contributed by atoms with E-state index in [1.807, 2.05) is 12.3 Å². The molecule has 0 N–H and O–H groups in total. The van der Waals surface area contributed by atoms with Crippen molar-refractivity contribution in [3.63, 3.8) is 0 Å². The van der Waals surface area contributed by atoms with Gasteiger partial charge in [-0.3, -0.25) is 0 Å². The topological polar surface area (TPSA) is 38.7 Å². The molecular formula is C14H13N3S. The predicted molar refractivity (Wildman–Crippen MR) is 74.9 cm³/mol. The molecule has 0 spiro atoms. The summed E-state index contributed by atoms with van der Waals surface area (Å²) in [6.07, 6.45) is 0. The molecule has 3 aromatic rings. The number of aryl methyl sites for hydroxylation is 3. The molecule has 0 bridgehead atoms. The van der Waals surface area contributed by atoms with E-state index in [1.165, 1.54) is 0 Å². The first kappa shape index (κ1) is 11.3. The van der Waals surface area contributed by atoms with Gasteiger partial charge in [-0.15, -0.1) is 21.5 Å². The molecule has 0 saturated heterocycles. The van der Waals surface area contributed by atoms with E-state index >= 15 is 0 Å². The van der Waals surface area contributed by atoms with Crippen molar-refractivity contribution in [2.24, 2.45) is 0 Å². The zero-order chi connectivity index (χ0) is 12.7. The van der Waals surface area contributed by atoms with Crippen LogP contribution >= 0.6 is 11.3 Å². The van der Waals surface area contributed by atoms with Crippen molar-refractivity contribution in [1.29, 1.82) is 0 Å². The fourth-order valence-corrected chi connectivity index (χ4v) is 2.71. The van der Waals surface area contributed by atoms with E-state index in [0.29, 0.717) is 0 Å². The van der Waals surface area contributed by atoms with Crippen LogP contribution < -0.4 is 0 Å². The van der Waals surface area contributed by atoms with Crippen molar-refractivity contribution < 1.29 is 0 Å². The summed E-state index contributed by atoms with van der Waals surface area (Å²) < 4.78 is 0. The first-order valence-electron chi connectivity index (χ1n) is 5.82. The van der Waals surface area contributed by atoms with Gasteiger partial charge in [-0.1, -0.05) is 18.2 Å². The maximum absolute atomic E-state index is 4.49. The summed E-state index contributed by atoms with van der Waals surface area (Å²) in [5.74, 6) is 0. The van der Waals surface area contributed by atoms with Crippen LogP contribution in [0.2, 0.25) is 0 Å². The molecule has 0 radical (unpaired) electrons. The minimum atomic E-state index is 0.887. The van der Waals surface area contributed by atoms with Gasteiger partial charge in [0.05, 0.1) is 10.5 Å². The fourth-order valence-electron chi connectivity index (χ4n) is 2.11. The van der Waals surface area contributed by atoms with Gasteiger partial charge in [0, 0.05) is 10.8 Å². The van der Waals surface area contributed by atoms with E-state index < -0.39 is 0 Å². The number of aromatic nitrogens is 3. The number of fused-ring (bicyclic) bond motifs is 1. The van der Waals surface area contributed by atoms with Crippen molar-refractivity contribution in [3.05, 3.63) is 39.7 Å². The van der Waals surface area contributed by atoms with E-state index in [0.717, 1.165) is 38.4 Å². The van der Waals surface area contributed by atoms with Gasteiger partial charge in [0.25, 0.3) is 0 Å². The Morgan fingerprint density at radius 2 is 1.89 bits per heavy atom. The van der Waals surface area contributed by atoms with E-state index in [9.17, 15) is 0 Å². The molecule has 0 unspecified atom stereocenters. The van der Waals surface area contributed by atoms with E-state index in [2.05, 4.69) is 47.2 Å². The molecular weight excluding hydrogens is 242 g/mol. The molecule has 90 valence electrons. The van der Waals surface area contributed by atoms with Gasteiger partial charge in [-0.05, 0) is 31.9 Å². The summed E-state index contributed by atoms with van der Waals surface area (Å²) >= 11 is 1.64. The Balaban J connectivity index is 2.30. The van der Waals surface area contributed by atoms with Gasteiger partial charge in [-0.25, -0.2) is 4.98 Å². The average Bonchev–Trinajstić information content (AvgIpc) is 2.77. The lowest BCUT2D eigenvalue weighted by molar-refractivity contribution is 1.05. The Kier molecular flexibility index (Phi) is 2.59. The largest absolute Gasteiger partial charge is 0.240 e. The number of hydrogen-bond donors (Lipinski definition) is 0. The third kappa shape index (κ3) is 1.69. The lowest BCUT2D eigenvalue weighted by atomic mass is 10.0. The van der Waals surface area contributed by atoms with Gasteiger partial charge in [-0.2, -0.15) is 0 Å². The lowest BCUT2D eigenvalue weighted by Gasteiger charge is -2.06. The molecule has 0 aliphatic heterocycles. The van der Waals surface area contributed by atoms with E-state index in [-0.39, 0.29) is 0 Å². The average molecular weight is 255 g/mol. The van der Waals surface area contributed by atoms with Crippen LogP contribution in [0.4, 0.5) is 0 Å². The number of hydrogen-bond acceptors (Lipinski definition) is 4. The zero-order valence-corrected chi connectivity index (χ0v) is 11.4. The van der Waals surface area contributed by atoms with E-state index in [1.54, 1.807) is 11.3 Å². The van der Waals surface area contributed by atoms with Crippen molar-refractivity contribution in [2.75, 3.05) is 0 Å². The minimum Gasteiger partial charge on any atom is -0.240 e. The zero-order valence-electron chi connectivity index (χ0n) is 10.6. The van der Waals surface area contributed by atoms with Crippen LogP contribution in [-0.2, 0) is 0 Å². The SMILES string of the molecule is Cc1nc(-c2nnc3c(C)cccc3c2C)cs1. The Bertz CT molecular complexity index is 731. The quantitative estimate of drug-likeness (QED) is 0.666. The number of nitrogens with zero attached hydrogens (tertiary/aromatic N) is 3. The summed E-state index contributed by atoms with van der Waals surface area (Å²) in [4.78, 5) is 4.49. The minimum absolute atomic E-state index is 0.887. The summed E-state index contributed by atoms with van der Waals surface area (Å²) in [5, 5.41) is 12.9. The highest BCUT2D eigenvalue weighted by Crippen LogP contribution is 2.27. The maximum atomic E-state index is 4.49. The van der Waals surface area contributed by atoms with Crippen molar-refractivity contribution in [3.8, 4) is 11.4 Å². The maximum Gasteiger partial charge on any atom is 0.116 e. The molecule has 0 aliphatic rings. The highest BCUT2D eigenvalue weighted by molar-refractivity contribution is 7.09.